The quantitative estimate of drug-likeness (QED) is 0.417. The van der Waals surface area contributed by atoms with Gasteiger partial charge in [-0.2, -0.15) is 5.10 Å². The van der Waals surface area contributed by atoms with Crippen LogP contribution in [0.15, 0.2) is 53.6 Å². The second-order valence-corrected chi connectivity index (χ2v) is 5.51. The highest BCUT2D eigenvalue weighted by atomic mass is 16.6. The molecule has 0 bridgehead atoms. The van der Waals surface area contributed by atoms with E-state index in [1.165, 1.54) is 13.3 Å². The monoisotopic (exact) mass is 370 g/mol. The van der Waals surface area contributed by atoms with E-state index in [1.807, 2.05) is 6.92 Å². The van der Waals surface area contributed by atoms with Crippen molar-refractivity contribution in [1.29, 1.82) is 0 Å². The molecule has 0 spiro atoms. The van der Waals surface area contributed by atoms with Crippen LogP contribution in [0.4, 0.5) is 0 Å². The minimum absolute atomic E-state index is 0.175. The molecular formula is C20H22N2O5. The first-order chi connectivity index (χ1) is 13.1. The van der Waals surface area contributed by atoms with Gasteiger partial charge in [-0.3, -0.25) is 4.79 Å². The number of esters is 1. The highest BCUT2D eigenvalue weighted by Gasteiger charge is 2.05. The summed E-state index contributed by atoms with van der Waals surface area (Å²) in [5.41, 5.74) is 3.65. The summed E-state index contributed by atoms with van der Waals surface area (Å²) in [5, 5.41) is 3.94. The van der Waals surface area contributed by atoms with Crippen LogP contribution in [0.1, 0.15) is 29.3 Å². The second-order valence-electron chi connectivity index (χ2n) is 5.51. The molecule has 0 atom stereocenters. The molecule has 1 N–H and O–H groups in total. The zero-order chi connectivity index (χ0) is 19.5. The molecule has 27 heavy (non-hydrogen) atoms. The Labute approximate surface area is 157 Å². The minimum atomic E-state index is -0.465. The average Bonchev–Trinajstić information content (AvgIpc) is 2.71. The van der Waals surface area contributed by atoms with Crippen LogP contribution in [0.2, 0.25) is 0 Å². The summed E-state index contributed by atoms with van der Waals surface area (Å²) in [4.78, 5) is 23.2. The van der Waals surface area contributed by atoms with Crippen molar-refractivity contribution >= 4 is 18.1 Å². The summed E-state index contributed by atoms with van der Waals surface area (Å²) in [6, 6.07) is 13.8. The highest BCUT2D eigenvalue weighted by molar-refractivity contribution is 5.95. The Morgan fingerprint density at radius 1 is 1.07 bits per heavy atom. The standard InChI is InChI=1S/C20H22N2O5/c1-3-11-26-17-9-7-16(8-10-17)20(24)22-21-13-15-5-4-6-18(12-15)27-14-19(23)25-2/h4-10,12-13H,3,11,14H2,1-2H3,(H,22,24)/b21-13+. The number of rotatable bonds is 9. The Balaban J connectivity index is 1.89. The number of nitrogens with zero attached hydrogens (tertiary/aromatic N) is 1. The summed E-state index contributed by atoms with van der Waals surface area (Å²) in [5.74, 6) is 0.429. The van der Waals surface area contributed by atoms with Crippen LogP contribution in [0.25, 0.3) is 0 Å². The molecule has 0 aliphatic carbocycles. The van der Waals surface area contributed by atoms with Gasteiger partial charge in [0, 0.05) is 5.56 Å². The van der Waals surface area contributed by atoms with Crippen molar-refractivity contribution in [3.8, 4) is 11.5 Å². The summed E-state index contributed by atoms with van der Waals surface area (Å²) in [6.07, 6.45) is 2.41. The van der Waals surface area contributed by atoms with Crippen molar-refractivity contribution in [2.75, 3.05) is 20.3 Å². The van der Waals surface area contributed by atoms with Crippen LogP contribution in [0, 0.1) is 0 Å². The van der Waals surface area contributed by atoms with Crippen LogP contribution < -0.4 is 14.9 Å². The molecule has 142 valence electrons. The second kappa shape index (κ2) is 10.6. The van der Waals surface area contributed by atoms with E-state index in [1.54, 1.807) is 48.5 Å². The van der Waals surface area contributed by atoms with Crippen molar-refractivity contribution in [2.24, 2.45) is 5.10 Å². The van der Waals surface area contributed by atoms with Gasteiger partial charge in [-0.05, 0) is 48.4 Å². The number of methoxy groups -OCH3 is 1. The fraction of sp³-hybridized carbons (Fsp3) is 0.250. The van der Waals surface area contributed by atoms with Gasteiger partial charge in [-0.1, -0.05) is 19.1 Å². The summed E-state index contributed by atoms with van der Waals surface area (Å²) in [7, 11) is 1.29. The smallest absolute Gasteiger partial charge is 0.343 e. The maximum atomic E-state index is 12.1. The fourth-order valence-electron chi connectivity index (χ4n) is 2.04. The lowest BCUT2D eigenvalue weighted by Crippen LogP contribution is -2.17. The SMILES string of the molecule is CCCOc1ccc(C(=O)N/N=C/c2cccc(OCC(=O)OC)c2)cc1. The predicted molar refractivity (Wildman–Crippen MR) is 101 cm³/mol. The zero-order valence-corrected chi connectivity index (χ0v) is 15.3. The molecule has 2 aromatic carbocycles. The third-order valence-electron chi connectivity index (χ3n) is 3.41. The molecule has 0 unspecified atom stereocenters. The van der Waals surface area contributed by atoms with E-state index in [4.69, 9.17) is 9.47 Å². The third-order valence-corrected chi connectivity index (χ3v) is 3.41. The number of hydrogen-bond acceptors (Lipinski definition) is 6. The molecule has 0 saturated heterocycles. The molecule has 0 aliphatic rings. The molecular weight excluding hydrogens is 348 g/mol. The normalized spacial score (nSPS) is 10.4. The first-order valence-electron chi connectivity index (χ1n) is 8.48. The van der Waals surface area contributed by atoms with Crippen molar-refractivity contribution in [1.82, 2.24) is 5.43 Å². The van der Waals surface area contributed by atoms with Crippen LogP contribution in [0.5, 0.6) is 11.5 Å². The van der Waals surface area contributed by atoms with Crippen molar-refractivity contribution in [3.63, 3.8) is 0 Å². The molecule has 2 aromatic rings. The van der Waals surface area contributed by atoms with E-state index in [-0.39, 0.29) is 12.5 Å². The maximum Gasteiger partial charge on any atom is 0.343 e. The van der Waals surface area contributed by atoms with E-state index >= 15 is 0 Å². The van der Waals surface area contributed by atoms with Crippen LogP contribution >= 0.6 is 0 Å². The first-order valence-corrected chi connectivity index (χ1v) is 8.48. The van der Waals surface area contributed by atoms with Crippen LogP contribution in [0.3, 0.4) is 0 Å². The molecule has 0 aliphatic heterocycles. The van der Waals surface area contributed by atoms with Gasteiger partial charge in [0.15, 0.2) is 6.61 Å². The lowest BCUT2D eigenvalue weighted by molar-refractivity contribution is -0.142. The molecule has 0 heterocycles. The lowest BCUT2D eigenvalue weighted by Gasteiger charge is -2.06. The largest absolute Gasteiger partial charge is 0.494 e. The molecule has 0 fully saturated rings. The molecule has 0 saturated carbocycles. The van der Waals surface area contributed by atoms with Gasteiger partial charge in [0.25, 0.3) is 5.91 Å². The molecule has 0 aromatic heterocycles. The minimum Gasteiger partial charge on any atom is -0.494 e. The highest BCUT2D eigenvalue weighted by Crippen LogP contribution is 2.13. The Morgan fingerprint density at radius 2 is 1.85 bits per heavy atom. The molecule has 2 rings (SSSR count). The third kappa shape index (κ3) is 6.81. The summed E-state index contributed by atoms with van der Waals surface area (Å²) in [6.45, 7) is 2.49. The number of carbonyl (C=O) groups excluding carboxylic acids is 2. The zero-order valence-electron chi connectivity index (χ0n) is 15.3. The predicted octanol–water partition coefficient (Wildman–Crippen LogP) is 2.79. The molecule has 7 heteroatoms. The molecule has 1 amide bonds. The van der Waals surface area contributed by atoms with Gasteiger partial charge in [-0.15, -0.1) is 0 Å². The first kappa shape index (κ1) is 20.0. The molecule has 7 nitrogen and oxygen atoms in total. The van der Waals surface area contributed by atoms with E-state index in [2.05, 4.69) is 15.3 Å². The van der Waals surface area contributed by atoms with Gasteiger partial charge < -0.3 is 14.2 Å². The van der Waals surface area contributed by atoms with Gasteiger partial charge in [0.2, 0.25) is 0 Å². The van der Waals surface area contributed by atoms with Gasteiger partial charge in [-0.25, -0.2) is 10.2 Å². The Bertz CT molecular complexity index is 787. The van der Waals surface area contributed by atoms with Crippen molar-refractivity contribution in [3.05, 3.63) is 59.7 Å². The van der Waals surface area contributed by atoms with E-state index in [0.717, 1.165) is 12.2 Å². The number of hydrogen-bond donors (Lipinski definition) is 1. The topological polar surface area (TPSA) is 86.2 Å². The number of nitrogens with one attached hydrogen (secondary N) is 1. The number of ether oxygens (including phenoxy) is 3. The van der Waals surface area contributed by atoms with Crippen LogP contribution in [-0.2, 0) is 9.53 Å². The maximum absolute atomic E-state index is 12.1. The number of carbonyl (C=O) groups is 2. The Hall–Kier alpha value is -3.35. The van der Waals surface area contributed by atoms with Gasteiger partial charge in [0.1, 0.15) is 11.5 Å². The van der Waals surface area contributed by atoms with Crippen molar-refractivity contribution in [2.45, 2.75) is 13.3 Å². The van der Waals surface area contributed by atoms with Crippen LogP contribution in [-0.4, -0.2) is 38.4 Å². The summed E-state index contributed by atoms with van der Waals surface area (Å²) >= 11 is 0. The van der Waals surface area contributed by atoms with E-state index < -0.39 is 5.97 Å². The van der Waals surface area contributed by atoms with Gasteiger partial charge >= 0.3 is 5.97 Å². The average molecular weight is 370 g/mol. The number of hydrazone groups is 1. The lowest BCUT2D eigenvalue weighted by atomic mass is 10.2. The van der Waals surface area contributed by atoms with E-state index in [9.17, 15) is 9.59 Å². The summed E-state index contributed by atoms with van der Waals surface area (Å²) < 4.78 is 15.3. The van der Waals surface area contributed by atoms with Gasteiger partial charge in [0.05, 0.1) is 19.9 Å². The molecule has 0 radical (unpaired) electrons. The Kier molecular flexibility index (Phi) is 7.84. The Morgan fingerprint density at radius 3 is 2.56 bits per heavy atom. The number of amides is 1. The van der Waals surface area contributed by atoms with E-state index in [0.29, 0.717) is 23.5 Å². The number of benzene rings is 2. The van der Waals surface area contributed by atoms with Crippen molar-refractivity contribution < 1.29 is 23.8 Å². The fourth-order valence-corrected chi connectivity index (χ4v) is 2.04.